The van der Waals surface area contributed by atoms with Gasteiger partial charge in [0.05, 0.1) is 0 Å². The van der Waals surface area contributed by atoms with Crippen LogP contribution in [0.1, 0.15) is 0 Å². The van der Waals surface area contributed by atoms with Crippen molar-refractivity contribution in [2.45, 2.75) is 0 Å². The molecule has 0 aromatic heterocycles. The van der Waals surface area contributed by atoms with Gasteiger partial charge in [-0.25, -0.2) is 0 Å². The van der Waals surface area contributed by atoms with Crippen LogP contribution >= 0.6 is 0 Å². The minimum Gasteiger partial charge on any atom is -0.427 e. The third kappa shape index (κ3) is 24.4. The summed E-state index contributed by atoms with van der Waals surface area (Å²) in [6, 6.07) is 0. The topological polar surface area (TPSA) is 34.1 Å². The van der Waals surface area contributed by atoms with E-state index in [0.29, 0.717) is 0 Å². The van der Waals surface area contributed by atoms with Gasteiger partial charge in [-0.1, -0.05) is 11.6 Å². The van der Waals surface area contributed by atoms with Crippen molar-refractivity contribution in [3.8, 4) is 0 Å². The van der Waals surface area contributed by atoms with Crippen LogP contribution in [0.3, 0.4) is 0 Å². The average molecular weight is 111 g/mol. The molecule has 5 heavy (non-hydrogen) atoms. The van der Waals surface area contributed by atoms with Crippen LogP contribution in [0.2, 0.25) is 0 Å². The van der Waals surface area contributed by atoms with Gasteiger partial charge in [0.2, 0.25) is 0 Å². The summed E-state index contributed by atoms with van der Waals surface area (Å²) in [5.41, 5.74) is 0. The van der Waals surface area contributed by atoms with E-state index in [2.05, 4.69) is 0 Å². The van der Waals surface area contributed by atoms with Crippen molar-refractivity contribution in [1.82, 2.24) is 0 Å². The summed E-state index contributed by atoms with van der Waals surface area (Å²) >= 11 is -1.08. The van der Waals surface area contributed by atoms with Gasteiger partial charge in [-0.15, -0.1) is 0 Å². The van der Waals surface area contributed by atoms with Crippen LogP contribution in [0.15, 0.2) is 0 Å². The Hall–Kier alpha value is 1.95. The van der Waals surface area contributed by atoms with Gasteiger partial charge in [0.25, 0.3) is 0 Å². The van der Waals surface area contributed by atoms with Crippen molar-refractivity contribution >= 4 is 11.6 Å². The molecule has 0 aliphatic rings. The maximum absolute atomic E-state index is 8.35. The second-order valence-corrected chi connectivity index (χ2v) is 0.224. The molecule has 0 rings (SSSR count). The summed E-state index contributed by atoms with van der Waals surface area (Å²) in [6.45, 7) is 0. The van der Waals surface area contributed by atoms with Gasteiger partial charge in [0.15, 0.2) is 0 Å². The molecule has 0 atom stereocenters. The third-order valence-corrected chi connectivity index (χ3v) is 0. The van der Waals surface area contributed by atoms with Crippen molar-refractivity contribution in [3.05, 3.63) is 0 Å². The number of hydrogen-bond donors (Lipinski definition) is 0. The van der Waals surface area contributed by atoms with E-state index in [1.54, 1.807) is 0 Å². The van der Waals surface area contributed by atoms with Gasteiger partial charge >= 0.3 is 59.1 Å². The predicted molar refractivity (Wildman–Crippen MR) is 10.1 cm³/mol. The van der Waals surface area contributed by atoms with Crippen LogP contribution in [-0.2, 0) is 20.0 Å². The second-order valence-electron chi connectivity index (χ2n) is 0.0745. The molecule has 2 nitrogen and oxygen atoms in total. The van der Waals surface area contributed by atoms with E-state index in [-0.39, 0.29) is 59.1 Å². The van der Waals surface area contributed by atoms with Gasteiger partial charge in [-0.2, -0.15) is 0 Å². The van der Waals surface area contributed by atoms with Gasteiger partial charge in [-0.3, -0.25) is 0 Å². The van der Waals surface area contributed by atoms with Gasteiger partial charge in [0.1, 0.15) is 0 Å². The fraction of sp³-hybridized carbons (Fsp3) is 0. The van der Waals surface area contributed by atoms with E-state index in [4.69, 9.17) is 8.42 Å². The Morgan fingerprint density at radius 2 is 1.00 bits per heavy atom. The van der Waals surface area contributed by atoms with Crippen molar-refractivity contribution < 1.29 is 67.5 Å². The van der Waals surface area contributed by atoms with E-state index in [1.807, 2.05) is 0 Å². The van der Waals surface area contributed by atoms with E-state index in [0.717, 1.165) is 0 Å². The largest absolute Gasteiger partial charge is 1.00 e. The minimum absolute atomic E-state index is 0. The van der Waals surface area contributed by atoms with Crippen molar-refractivity contribution in [3.63, 3.8) is 0 Å². The standard InChI is InChI=1S/2Na.HO2S/c;;1-3-2/h;;3H/q2*+1;-1. The molecule has 0 saturated carbocycles. The van der Waals surface area contributed by atoms with Gasteiger partial charge < -0.3 is 8.42 Å². The molecular weight excluding hydrogens is 110 g/mol. The zero-order chi connectivity index (χ0) is 2.71. The molecule has 5 heteroatoms. The quantitative estimate of drug-likeness (QED) is 0.177. The minimum atomic E-state index is -1.08. The molecule has 20 valence electrons. The molecule has 0 saturated heterocycles. The van der Waals surface area contributed by atoms with E-state index in [9.17, 15) is 0 Å². The Labute approximate surface area is 77.9 Å². The first-order chi connectivity index (χ1) is 1.41. The Kier molecular flexibility index (Phi) is 52.8. The molecule has 0 heterocycles. The summed E-state index contributed by atoms with van der Waals surface area (Å²) in [4.78, 5) is 0. The molecule has 0 aliphatic carbocycles. The van der Waals surface area contributed by atoms with Crippen LogP contribution in [0.25, 0.3) is 0 Å². The van der Waals surface area contributed by atoms with E-state index < -0.39 is 11.6 Å². The zero-order valence-corrected chi connectivity index (χ0v) is 8.16. The first-order valence-corrected chi connectivity index (χ1v) is 1.10. The second kappa shape index (κ2) is 16.8. The maximum atomic E-state index is 8.35. The van der Waals surface area contributed by atoms with Crippen LogP contribution in [0, 0.1) is 0 Å². The van der Waals surface area contributed by atoms with Gasteiger partial charge in [-0.05, 0) is 0 Å². The Bertz CT molecular complexity index is 28.6. The van der Waals surface area contributed by atoms with Crippen LogP contribution in [0.5, 0.6) is 0 Å². The molecule has 0 radical (unpaired) electrons. The van der Waals surface area contributed by atoms with Gasteiger partial charge in [0, 0.05) is 0 Å². The summed E-state index contributed by atoms with van der Waals surface area (Å²) in [7, 11) is 0. The fourth-order valence-electron chi connectivity index (χ4n) is 0. The van der Waals surface area contributed by atoms with Crippen LogP contribution < -0.4 is 59.1 Å². The van der Waals surface area contributed by atoms with Crippen molar-refractivity contribution in [2.75, 3.05) is 0 Å². The molecule has 0 N–H and O–H groups in total. The van der Waals surface area contributed by atoms with Crippen molar-refractivity contribution in [1.29, 1.82) is 0 Å². The molecule has 0 amide bonds. The number of rotatable bonds is 0. The molecular formula is HNa2O2S+. The fourth-order valence-corrected chi connectivity index (χ4v) is 0. The molecule has 0 unspecified atom stereocenters. The van der Waals surface area contributed by atoms with Crippen molar-refractivity contribution in [2.24, 2.45) is 0 Å². The normalized spacial score (nSPS) is 3.20. The maximum Gasteiger partial charge on any atom is 1.00 e. The summed E-state index contributed by atoms with van der Waals surface area (Å²) in [6.07, 6.45) is 0. The molecule has 0 aromatic rings. The number of hydrogen-bond acceptors (Lipinski definition) is 3. The zero-order valence-electron chi connectivity index (χ0n) is 3.26. The average Bonchev–Trinajstić information content (AvgIpc) is 0.918. The Morgan fingerprint density at radius 3 is 1.00 bits per heavy atom. The summed E-state index contributed by atoms with van der Waals surface area (Å²) < 4.78 is 16.7. The Morgan fingerprint density at radius 1 is 1.00 bits per heavy atom. The SMILES string of the molecule is O=[SH-]=O.[Na+].[Na+]. The predicted octanol–water partition coefficient (Wildman–Crippen LogP) is -6.50. The summed E-state index contributed by atoms with van der Waals surface area (Å²) in [5.74, 6) is 0. The molecule has 0 bridgehead atoms. The van der Waals surface area contributed by atoms with Crippen LogP contribution in [-0.4, -0.2) is 0 Å². The first kappa shape index (κ1) is 15.8. The Balaban J connectivity index is -0.0000000200. The molecule has 0 fully saturated rings. The molecule has 0 spiro atoms. The van der Waals surface area contributed by atoms with Crippen LogP contribution in [0.4, 0.5) is 0 Å². The van der Waals surface area contributed by atoms with E-state index >= 15 is 0 Å². The molecule has 0 aliphatic heterocycles. The molecule has 0 aromatic carbocycles. The first-order valence-electron chi connectivity index (χ1n) is 0.365. The smallest absolute Gasteiger partial charge is 0.427 e. The third-order valence-electron chi connectivity index (χ3n) is 0. The summed E-state index contributed by atoms with van der Waals surface area (Å²) in [5, 5.41) is 0. The monoisotopic (exact) mass is 111 g/mol. The number of thiol groups is 1. The van der Waals surface area contributed by atoms with E-state index in [1.165, 1.54) is 0 Å².